The van der Waals surface area contributed by atoms with Crippen molar-refractivity contribution in [3.05, 3.63) is 49.1 Å². The van der Waals surface area contributed by atoms with Crippen LogP contribution in [0.5, 0.6) is 0 Å². The SMILES string of the molecule is c1c[n+](Cc2n[nH]c(C[n+]3cc[nH]c3)n2)c[nH]1. The summed E-state index contributed by atoms with van der Waals surface area (Å²) in [6.07, 6.45) is 11.4. The van der Waals surface area contributed by atoms with Crippen molar-refractivity contribution < 1.29 is 9.13 Å². The molecule has 0 aromatic carbocycles. The van der Waals surface area contributed by atoms with Gasteiger partial charge in [0.1, 0.15) is 31.3 Å². The Morgan fingerprint density at radius 1 is 1.00 bits per heavy atom. The van der Waals surface area contributed by atoms with Gasteiger partial charge in [0.05, 0.1) is 0 Å². The fourth-order valence-electron chi connectivity index (χ4n) is 1.65. The van der Waals surface area contributed by atoms with Crippen molar-refractivity contribution in [3.63, 3.8) is 0 Å². The standard InChI is InChI=1S/C10H11N7/c1-3-16(7-11-1)5-9-13-10(15-14-9)6-17-4-2-12-8-17/h1-4,7-8H,5-6H2,(H,13,14,15)/p+2. The molecular formula is C10H13N7+2. The maximum Gasteiger partial charge on any atom is 0.241 e. The van der Waals surface area contributed by atoms with Gasteiger partial charge in [-0.1, -0.05) is 0 Å². The van der Waals surface area contributed by atoms with E-state index in [2.05, 4.69) is 25.1 Å². The van der Waals surface area contributed by atoms with Crippen molar-refractivity contribution in [1.29, 1.82) is 0 Å². The van der Waals surface area contributed by atoms with Gasteiger partial charge >= 0.3 is 0 Å². The summed E-state index contributed by atoms with van der Waals surface area (Å²) in [6, 6.07) is 0. The van der Waals surface area contributed by atoms with Crippen LogP contribution in [0.15, 0.2) is 37.4 Å². The van der Waals surface area contributed by atoms with E-state index in [0.717, 1.165) is 11.6 Å². The van der Waals surface area contributed by atoms with Gasteiger partial charge in [0.15, 0.2) is 18.2 Å². The average Bonchev–Trinajstić information content (AvgIpc) is 3.02. The smallest absolute Gasteiger partial charge is 0.241 e. The third kappa shape index (κ3) is 2.22. The predicted octanol–water partition coefficient (Wildman–Crippen LogP) is -0.867. The van der Waals surface area contributed by atoms with Gasteiger partial charge in [-0.3, -0.25) is 15.1 Å². The molecule has 0 unspecified atom stereocenters. The molecule has 3 N–H and O–H groups in total. The van der Waals surface area contributed by atoms with Gasteiger partial charge in [0, 0.05) is 0 Å². The zero-order chi connectivity index (χ0) is 11.5. The first-order valence-electron chi connectivity index (χ1n) is 5.34. The molecule has 0 bridgehead atoms. The highest BCUT2D eigenvalue weighted by atomic mass is 15.2. The minimum absolute atomic E-state index is 0.664. The van der Waals surface area contributed by atoms with E-state index in [9.17, 15) is 0 Å². The Balaban J connectivity index is 1.70. The molecule has 0 saturated heterocycles. The highest BCUT2D eigenvalue weighted by Crippen LogP contribution is 1.92. The summed E-state index contributed by atoms with van der Waals surface area (Å²) < 4.78 is 3.98. The van der Waals surface area contributed by atoms with Crippen molar-refractivity contribution in [1.82, 2.24) is 25.1 Å². The van der Waals surface area contributed by atoms with E-state index in [-0.39, 0.29) is 0 Å². The second-order valence-corrected chi connectivity index (χ2v) is 3.77. The Hall–Kier alpha value is -2.44. The molecule has 0 aliphatic carbocycles. The van der Waals surface area contributed by atoms with Crippen LogP contribution in [0.25, 0.3) is 0 Å². The van der Waals surface area contributed by atoms with Crippen LogP contribution in [0.4, 0.5) is 0 Å². The van der Waals surface area contributed by atoms with E-state index < -0.39 is 0 Å². The Labute approximate surface area is 97.2 Å². The van der Waals surface area contributed by atoms with Crippen LogP contribution in [0.1, 0.15) is 11.6 Å². The maximum atomic E-state index is 4.42. The number of rotatable bonds is 4. The Morgan fingerprint density at radius 2 is 1.71 bits per heavy atom. The fourth-order valence-corrected chi connectivity index (χ4v) is 1.65. The third-order valence-electron chi connectivity index (χ3n) is 2.44. The Morgan fingerprint density at radius 3 is 2.35 bits per heavy atom. The number of imidazole rings is 2. The molecule has 3 heterocycles. The fraction of sp³-hybridized carbons (Fsp3) is 0.200. The molecule has 0 aliphatic heterocycles. The van der Waals surface area contributed by atoms with Gasteiger partial charge in [-0.2, -0.15) is 5.10 Å². The molecular weight excluding hydrogens is 218 g/mol. The summed E-state index contributed by atoms with van der Waals surface area (Å²) in [5.74, 6) is 1.63. The molecule has 0 spiro atoms. The van der Waals surface area contributed by atoms with E-state index in [1.165, 1.54) is 0 Å². The number of aromatic nitrogens is 7. The lowest BCUT2D eigenvalue weighted by Gasteiger charge is -1.90. The molecule has 0 amide bonds. The van der Waals surface area contributed by atoms with Crippen molar-refractivity contribution in [2.24, 2.45) is 0 Å². The van der Waals surface area contributed by atoms with Crippen LogP contribution in [-0.4, -0.2) is 25.1 Å². The first-order valence-corrected chi connectivity index (χ1v) is 5.34. The van der Waals surface area contributed by atoms with E-state index in [1.54, 1.807) is 0 Å². The van der Waals surface area contributed by atoms with Gasteiger partial charge in [-0.25, -0.2) is 14.1 Å². The quantitative estimate of drug-likeness (QED) is 0.510. The van der Waals surface area contributed by atoms with E-state index in [4.69, 9.17) is 0 Å². The molecule has 0 aliphatic rings. The number of nitrogens with one attached hydrogen (secondary N) is 3. The zero-order valence-corrected chi connectivity index (χ0v) is 9.17. The third-order valence-corrected chi connectivity index (χ3v) is 2.44. The lowest BCUT2D eigenvalue weighted by Crippen LogP contribution is -2.32. The van der Waals surface area contributed by atoms with Crippen LogP contribution in [-0.2, 0) is 13.1 Å². The van der Waals surface area contributed by atoms with Crippen LogP contribution in [0.2, 0.25) is 0 Å². The summed E-state index contributed by atoms with van der Waals surface area (Å²) in [6.45, 7) is 1.35. The second-order valence-electron chi connectivity index (χ2n) is 3.77. The molecule has 3 rings (SSSR count). The highest BCUT2D eigenvalue weighted by molar-refractivity contribution is 4.86. The van der Waals surface area contributed by atoms with Crippen molar-refractivity contribution in [2.75, 3.05) is 0 Å². The predicted molar refractivity (Wildman–Crippen MR) is 56.6 cm³/mol. The number of nitrogens with zero attached hydrogens (tertiary/aromatic N) is 4. The normalized spacial score (nSPS) is 10.8. The van der Waals surface area contributed by atoms with Gasteiger partial charge in [0.2, 0.25) is 12.7 Å². The lowest BCUT2D eigenvalue weighted by atomic mass is 10.5. The van der Waals surface area contributed by atoms with Crippen LogP contribution in [0.3, 0.4) is 0 Å². The summed E-state index contributed by atoms with van der Waals surface area (Å²) in [4.78, 5) is 10.4. The molecule has 3 aromatic heterocycles. The minimum atomic E-state index is 0.664. The molecule has 0 saturated carbocycles. The summed E-state index contributed by atoms with van der Waals surface area (Å²) in [5.41, 5.74) is 0. The molecule has 7 nitrogen and oxygen atoms in total. The zero-order valence-electron chi connectivity index (χ0n) is 9.17. The van der Waals surface area contributed by atoms with Crippen LogP contribution < -0.4 is 9.13 Å². The molecule has 7 heteroatoms. The second kappa shape index (κ2) is 4.20. The first kappa shape index (κ1) is 9.76. The average molecular weight is 231 g/mol. The van der Waals surface area contributed by atoms with E-state index >= 15 is 0 Å². The number of aromatic amines is 3. The highest BCUT2D eigenvalue weighted by Gasteiger charge is 2.08. The summed E-state index contributed by atoms with van der Waals surface area (Å²) in [7, 11) is 0. The van der Waals surface area contributed by atoms with Crippen molar-refractivity contribution in [2.45, 2.75) is 13.1 Å². The van der Waals surface area contributed by atoms with E-state index in [0.29, 0.717) is 13.1 Å². The van der Waals surface area contributed by atoms with Crippen LogP contribution >= 0.6 is 0 Å². The van der Waals surface area contributed by atoms with Gasteiger partial charge in [-0.05, 0) is 0 Å². The van der Waals surface area contributed by atoms with Crippen molar-refractivity contribution >= 4 is 0 Å². The molecule has 0 fully saturated rings. The van der Waals surface area contributed by atoms with Crippen LogP contribution in [0, 0.1) is 0 Å². The monoisotopic (exact) mass is 231 g/mol. The molecule has 17 heavy (non-hydrogen) atoms. The lowest BCUT2D eigenvalue weighted by molar-refractivity contribution is -0.689. The van der Waals surface area contributed by atoms with E-state index in [1.807, 2.05) is 46.6 Å². The first-order chi connectivity index (χ1) is 8.40. The molecule has 0 atom stereocenters. The summed E-state index contributed by atoms with van der Waals surface area (Å²) in [5, 5.41) is 7.11. The molecule has 3 aromatic rings. The van der Waals surface area contributed by atoms with Gasteiger partial charge < -0.3 is 0 Å². The molecule has 0 radical (unpaired) electrons. The largest absolute Gasteiger partial charge is 0.260 e. The molecule has 86 valence electrons. The number of hydrogen-bond acceptors (Lipinski definition) is 2. The topological polar surface area (TPSA) is 80.9 Å². The summed E-state index contributed by atoms with van der Waals surface area (Å²) >= 11 is 0. The minimum Gasteiger partial charge on any atom is -0.260 e. The maximum absolute atomic E-state index is 4.42. The Bertz CT molecular complexity index is 513. The van der Waals surface area contributed by atoms with Gasteiger partial charge in [-0.15, -0.1) is 0 Å². The van der Waals surface area contributed by atoms with Gasteiger partial charge in [0.25, 0.3) is 0 Å². The van der Waals surface area contributed by atoms with Crippen molar-refractivity contribution in [3.8, 4) is 0 Å². The Kier molecular flexibility index (Phi) is 2.41. The number of hydrogen-bond donors (Lipinski definition) is 3. The number of H-pyrrole nitrogens is 3.